The van der Waals surface area contributed by atoms with Crippen LogP contribution in [0.5, 0.6) is 0 Å². The predicted octanol–water partition coefficient (Wildman–Crippen LogP) is 1.11. The Balaban J connectivity index is 2.96. The summed E-state index contributed by atoms with van der Waals surface area (Å²) in [7, 11) is 0. The van der Waals surface area contributed by atoms with Crippen LogP contribution in [0, 0.1) is 11.3 Å². The van der Waals surface area contributed by atoms with E-state index >= 15 is 0 Å². The fourth-order valence-electron chi connectivity index (χ4n) is 0.979. The Morgan fingerprint density at radius 2 is 2.36 bits per heavy atom. The van der Waals surface area contributed by atoms with Crippen molar-refractivity contribution < 1.29 is 4.42 Å². The number of aromatic nitrogens is 2. The zero-order valence-electron chi connectivity index (χ0n) is 6.69. The van der Waals surface area contributed by atoms with E-state index in [1.165, 1.54) is 6.20 Å². The van der Waals surface area contributed by atoms with E-state index in [4.69, 9.17) is 21.3 Å². The lowest BCUT2D eigenvalue weighted by molar-refractivity contribution is 0.597. The molecule has 0 unspecified atom stereocenters. The molecule has 0 aliphatic heterocycles. The third-order valence-corrected chi connectivity index (χ3v) is 1.79. The summed E-state index contributed by atoms with van der Waals surface area (Å²) in [5, 5.41) is 8.51. The average Bonchev–Trinajstić information content (AvgIpc) is 2.20. The molecule has 0 saturated carbocycles. The minimum absolute atomic E-state index is 0.0176. The Morgan fingerprint density at radius 1 is 1.57 bits per heavy atom. The third-order valence-electron chi connectivity index (χ3n) is 1.61. The van der Waals surface area contributed by atoms with Crippen LogP contribution in [0.2, 0.25) is 5.28 Å². The molecule has 2 rings (SSSR count). The highest BCUT2D eigenvalue weighted by Crippen LogP contribution is 2.09. The Morgan fingerprint density at radius 3 is 3.07 bits per heavy atom. The summed E-state index contributed by atoms with van der Waals surface area (Å²) >= 11 is 5.50. The van der Waals surface area contributed by atoms with E-state index in [9.17, 15) is 4.79 Å². The molecule has 0 radical (unpaired) electrons. The van der Waals surface area contributed by atoms with Crippen molar-refractivity contribution in [1.29, 1.82) is 5.26 Å². The van der Waals surface area contributed by atoms with E-state index in [0.29, 0.717) is 0 Å². The summed E-state index contributed by atoms with van der Waals surface area (Å²) in [4.78, 5) is 18.8. The lowest BCUT2D eigenvalue weighted by Gasteiger charge is -1.94. The van der Waals surface area contributed by atoms with Crippen molar-refractivity contribution in [3.63, 3.8) is 0 Å². The number of fused-ring (bicyclic) bond motifs is 1. The van der Waals surface area contributed by atoms with Crippen LogP contribution in [0.1, 0.15) is 5.56 Å². The second kappa shape index (κ2) is 3.09. The van der Waals surface area contributed by atoms with E-state index < -0.39 is 5.43 Å². The van der Waals surface area contributed by atoms with Gasteiger partial charge in [0.1, 0.15) is 17.9 Å². The van der Waals surface area contributed by atoms with Gasteiger partial charge in [0, 0.05) is 0 Å². The first-order valence-electron chi connectivity index (χ1n) is 3.56. The summed E-state index contributed by atoms with van der Waals surface area (Å²) in [5.41, 5.74) is -0.382. The number of hydrogen-bond donors (Lipinski definition) is 0. The van der Waals surface area contributed by atoms with E-state index in [2.05, 4.69) is 9.97 Å². The summed E-state index contributed by atoms with van der Waals surface area (Å²) in [6.45, 7) is 0. The molecule has 0 aromatic carbocycles. The van der Waals surface area contributed by atoms with Gasteiger partial charge in [0.15, 0.2) is 11.1 Å². The third kappa shape index (κ3) is 1.22. The van der Waals surface area contributed by atoms with Crippen LogP contribution >= 0.6 is 11.6 Å². The second-order valence-corrected chi connectivity index (χ2v) is 2.78. The van der Waals surface area contributed by atoms with Gasteiger partial charge in [0.05, 0.1) is 6.20 Å². The fraction of sp³-hybridized carbons (Fsp3) is 0. The highest BCUT2D eigenvalue weighted by Gasteiger charge is 2.08. The number of rotatable bonds is 0. The summed E-state index contributed by atoms with van der Waals surface area (Å²) in [6, 6.07) is 1.70. The maximum Gasteiger partial charge on any atom is 0.229 e. The maximum absolute atomic E-state index is 11.5. The van der Waals surface area contributed by atoms with Gasteiger partial charge < -0.3 is 4.42 Å². The molecule has 0 atom stereocenters. The average molecular weight is 208 g/mol. The Kier molecular flexibility index (Phi) is 1.91. The van der Waals surface area contributed by atoms with Gasteiger partial charge in [0.25, 0.3) is 0 Å². The Bertz CT molecular complexity index is 600. The molecule has 14 heavy (non-hydrogen) atoms. The molecular weight excluding hydrogens is 206 g/mol. The molecule has 2 aromatic heterocycles. The van der Waals surface area contributed by atoms with Gasteiger partial charge in [-0.15, -0.1) is 0 Å². The van der Waals surface area contributed by atoms with Gasteiger partial charge in [-0.1, -0.05) is 0 Å². The maximum atomic E-state index is 11.5. The molecule has 5 nitrogen and oxygen atoms in total. The van der Waals surface area contributed by atoms with Crippen LogP contribution in [-0.4, -0.2) is 9.97 Å². The molecular formula is C8H2ClN3O2. The highest BCUT2D eigenvalue weighted by molar-refractivity contribution is 6.28. The van der Waals surface area contributed by atoms with Gasteiger partial charge in [-0.05, 0) is 11.6 Å². The quantitative estimate of drug-likeness (QED) is 0.605. The molecule has 0 fully saturated rings. The SMILES string of the molecule is N#Cc1coc2cnc(Cl)nc2c1=O. The zero-order valence-corrected chi connectivity index (χ0v) is 7.45. The van der Waals surface area contributed by atoms with Crippen molar-refractivity contribution in [2.45, 2.75) is 0 Å². The van der Waals surface area contributed by atoms with Crippen LogP contribution in [0.4, 0.5) is 0 Å². The minimum Gasteiger partial charge on any atom is -0.459 e. The number of nitrogens with zero attached hydrogens (tertiary/aromatic N) is 3. The molecule has 0 N–H and O–H groups in total. The molecule has 0 bridgehead atoms. The smallest absolute Gasteiger partial charge is 0.229 e. The number of halogens is 1. The lowest BCUT2D eigenvalue weighted by Crippen LogP contribution is -2.07. The van der Waals surface area contributed by atoms with Crippen molar-refractivity contribution in [3.05, 3.63) is 33.5 Å². The number of hydrogen-bond acceptors (Lipinski definition) is 5. The van der Waals surface area contributed by atoms with Crippen molar-refractivity contribution in [2.75, 3.05) is 0 Å². The van der Waals surface area contributed by atoms with Gasteiger partial charge in [-0.2, -0.15) is 5.26 Å². The molecule has 0 aliphatic rings. The predicted molar refractivity (Wildman–Crippen MR) is 47.8 cm³/mol. The zero-order chi connectivity index (χ0) is 10.1. The van der Waals surface area contributed by atoms with E-state index in [1.54, 1.807) is 6.07 Å². The van der Waals surface area contributed by atoms with Crippen LogP contribution < -0.4 is 5.43 Å². The lowest BCUT2D eigenvalue weighted by atomic mass is 10.3. The first-order valence-corrected chi connectivity index (χ1v) is 3.94. The van der Waals surface area contributed by atoms with Crippen LogP contribution in [0.15, 0.2) is 21.7 Å². The molecule has 0 amide bonds. The topological polar surface area (TPSA) is 79.8 Å². The van der Waals surface area contributed by atoms with Gasteiger partial charge in [0.2, 0.25) is 10.7 Å². The van der Waals surface area contributed by atoms with Gasteiger partial charge in [-0.25, -0.2) is 9.97 Å². The van der Waals surface area contributed by atoms with E-state index in [0.717, 1.165) is 6.26 Å². The standard InChI is InChI=1S/C8H2ClN3O2/c9-8-11-2-5-6(12-8)7(13)4(1-10)3-14-5/h2-3H. The molecule has 2 aromatic rings. The first-order chi connectivity index (χ1) is 6.72. The number of nitriles is 1. The summed E-state index contributed by atoms with van der Waals surface area (Å²) < 4.78 is 4.96. The molecule has 68 valence electrons. The largest absolute Gasteiger partial charge is 0.459 e. The van der Waals surface area contributed by atoms with Crippen LogP contribution in [0.3, 0.4) is 0 Å². The summed E-state index contributed by atoms with van der Waals surface area (Å²) in [6.07, 6.45) is 2.36. The van der Waals surface area contributed by atoms with E-state index in [-0.39, 0.29) is 21.9 Å². The van der Waals surface area contributed by atoms with Crippen molar-refractivity contribution in [2.24, 2.45) is 0 Å². The summed E-state index contributed by atoms with van der Waals surface area (Å²) in [5.74, 6) is 0. The fourth-order valence-corrected chi connectivity index (χ4v) is 1.11. The molecule has 6 heteroatoms. The Hall–Kier alpha value is -1.93. The van der Waals surface area contributed by atoms with Crippen LogP contribution in [0.25, 0.3) is 11.1 Å². The van der Waals surface area contributed by atoms with Crippen LogP contribution in [-0.2, 0) is 0 Å². The Labute approximate surface area is 82.6 Å². The van der Waals surface area contributed by atoms with Crippen molar-refractivity contribution in [1.82, 2.24) is 9.97 Å². The van der Waals surface area contributed by atoms with Crippen molar-refractivity contribution >= 4 is 22.7 Å². The molecule has 0 spiro atoms. The second-order valence-electron chi connectivity index (χ2n) is 2.44. The highest BCUT2D eigenvalue weighted by atomic mass is 35.5. The molecule has 0 saturated heterocycles. The van der Waals surface area contributed by atoms with E-state index in [1.807, 2.05) is 0 Å². The first kappa shape index (κ1) is 8.66. The molecule has 2 heterocycles. The molecule has 0 aliphatic carbocycles. The van der Waals surface area contributed by atoms with Gasteiger partial charge in [-0.3, -0.25) is 4.79 Å². The van der Waals surface area contributed by atoms with Crippen molar-refractivity contribution in [3.8, 4) is 6.07 Å². The van der Waals surface area contributed by atoms with Gasteiger partial charge >= 0.3 is 0 Å². The minimum atomic E-state index is -0.502. The monoisotopic (exact) mass is 207 g/mol. The normalized spacial score (nSPS) is 10.0.